The van der Waals surface area contributed by atoms with Gasteiger partial charge in [0.2, 0.25) is 15.5 Å². The molecule has 0 amide bonds. The Balaban J connectivity index is 2.02. The van der Waals surface area contributed by atoms with Crippen LogP contribution in [-0.4, -0.2) is 19.9 Å². The number of pyridine rings is 1. The van der Waals surface area contributed by atoms with Crippen molar-refractivity contribution in [3.63, 3.8) is 0 Å². The molecule has 1 heterocycles. The van der Waals surface area contributed by atoms with Crippen LogP contribution in [0.2, 0.25) is 0 Å². The van der Waals surface area contributed by atoms with E-state index in [1.807, 2.05) is 0 Å². The fraction of sp³-hybridized carbons (Fsp3) is 0.154. The SMILES string of the molecule is O=c1cc[nH]cc1S(=O)(=O)NCCc1ccc(F)cc1. The van der Waals surface area contributed by atoms with E-state index in [4.69, 9.17) is 0 Å². The lowest BCUT2D eigenvalue weighted by Gasteiger charge is -2.06. The number of nitrogens with one attached hydrogen (secondary N) is 2. The summed E-state index contributed by atoms with van der Waals surface area (Å²) in [5.74, 6) is -0.342. The monoisotopic (exact) mass is 296 g/mol. The molecule has 0 atom stereocenters. The highest BCUT2D eigenvalue weighted by molar-refractivity contribution is 7.89. The summed E-state index contributed by atoms with van der Waals surface area (Å²) in [4.78, 5) is 13.7. The molecule has 0 saturated carbocycles. The van der Waals surface area contributed by atoms with Crippen LogP contribution >= 0.6 is 0 Å². The van der Waals surface area contributed by atoms with Crippen LogP contribution in [0.3, 0.4) is 0 Å². The Morgan fingerprint density at radius 2 is 1.85 bits per heavy atom. The van der Waals surface area contributed by atoms with E-state index in [9.17, 15) is 17.6 Å². The van der Waals surface area contributed by atoms with Crippen LogP contribution in [0.1, 0.15) is 5.56 Å². The molecule has 7 heteroatoms. The summed E-state index contributed by atoms with van der Waals surface area (Å²) in [5.41, 5.74) is 0.231. The number of hydrogen-bond donors (Lipinski definition) is 2. The van der Waals surface area contributed by atoms with Gasteiger partial charge in [-0.05, 0) is 24.1 Å². The van der Waals surface area contributed by atoms with Crippen LogP contribution in [0.25, 0.3) is 0 Å². The van der Waals surface area contributed by atoms with E-state index in [2.05, 4.69) is 9.71 Å². The first-order chi connectivity index (χ1) is 9.49. The van der Waals surface area contributed by atoms with Crippen LogP contribution in [0.4, 0.5) is 4.39 Å². The molecule has 0 fully saturated rings. The van der Waals surface area contributed by atoms with Crippen molar-refractivity contribution in [3.8, 4) is 0 Å². The molecular weight excluding hydrogens is 283 g/mol. The molecule has 2 N–H and O–H groups in total. The summed E-state index contributed by atoms with van der Waals surface area (Å²) in [6.07, 6.45) is 2.91. The van der Waals surface area contributed by atoms with Crippen LogP contribution < -0.4 is 10.2 Å². The van der Waals surface area contributed by atoms with Gasteiger partial charge in [0.15, 0.2) is 0 Å². The lowest BCUT2D eigenvalue weighted by atomic mass is 10.1. The van der Waals surface area contributed by atoms with Gasteiger partial charge in [0.1, 0.15) is 10.7 Å². The zero-order chi connectivity index (χ0) is 14.6. The number of benzene rings is 1. The van der Waals surface area contributed by atoms with Crippen molar-refractivity contribution >= 4 is 10.0 Å². The minimum absolute atomic E-state index is 0.127. The fourth-order valence-electron chi connectivity index (χ4n) is 1.67. The third-order valence-corrected chi connectivity index (χ3v) is 4.18. The van der Waals surface area contributed by atoms with E-state index in [-0.39, 0.29) is 17.3 Å². The van der Waals surface area contributed by atoms with Crippen molar-refractivity contribution in [2.24, 2.45) is 0 Å². The van der Waals surface area contributed by atoms with E-state index in [0.717, 1.165) is 17.8 Å². The Labute approximate surface area is 115 Å². The van der Waals surface area contributed by atoms with Crippen molar-refractivity contribution in [1.82, 2.24) is 9.71 Å². The summed E-state index contributed by atoms with van der Waals surface area (Å²) in [6, 6.07) is 6.93. The highest BCUT2D eigenvalue weighted by Gasteiger charge is 2.16. The van der Waals surface area contributed by atoms with Gasteiger partial charge >= 0.3 is 0 Å². The third kappa shape index (κ3) is 3.52. The van der Waals surface area contributed by atoms with E-state index < -0.39 is 15.5 Å². The number of H-pyrrole nitrogens is 1. The average molecular weight is 296 g/mol. The van der Waals surface area contributed by atoms with E-state index in [1.165, 1.54) is 18.3 Å². The Morgan fingerprint density at radius 3 is 2.50 bits per heavy atom. The average Bonchev–Trinajstić information content (AvgIpc) is 2.41. The summed E-state index contributed by atoms with van der Waals surface area (Å²) in [5, 5.41) is 0. The second kappa shape index (κ2) is 5.98. The van der Waals surface area contributed by atoms with Crippen LogP contribution in [-0.2, 0) is 16.4 Å². The lowest BCUT2D eigenvalue weighted by Crippen LogP contribution is -2.29. The molecular formula is C13H13FN2O3S. The van der Waals surface area contributed by atoms with E-state index in [1.54, 1.807) is 12.1 Å². The summed E-state index contributed by atoms with van der Waals surface area (Å²) >= 11 is 0. The molecule has 5 nitrogen and oxygen atoms in total. The second-order valence-corrected chi connectivity index (χ2v) is 5.88. The quantitative estimate of drug-likeness (QED) is 0.865. The molecule has 0 aliphatic rings. The van der Waals surface area contributed by atoms with Gasteiger partial charge < -0.3 is 4.98 Å². The highest BCUT2D eigenvalue weighted by atomic mass is 32.2. The first kappa shape index (κ1) is 14.4. The molecule has 0 aliphatic carbocycles. The molecule has 1 aromatic heterocycles. The Morgan fingerprint density at radius 1 is 1.15 bits per heavy atom. The number of hydrogen-bond acceptors (Lipinski definition) is 3. The molecule has 2 aromatic rings. The van der Waals surface area contributed by atoms with Gasteiger partial charge in [0.25, 0.3) is 0 Å². The topological polar surface area (TPSA) is 79.0 Å². The van der Waals surface area contributed by atoms with Gasteiger partial charge in [-0.15, -0.1) is 0 Å². The van der Waals surface area contributed by atoms with Gasteiger partial charge in [-0.3, -0.25) is 4.79 Å². The van der Waals surface area contributed by atoms with Gasteiger partial charge in [-0.25, -0.2) is 17.5 Å². The number of aromatic amines is 1. The van der Waals surface area contributed by atoms with Crippen LogP contribution in [0, 0.1) is 5.82 Å². The molecule has 0 bridgehead atoms. The predicted molar refractivity (Wildman–Crippen MR) is 72.4 cm³/mol. The standard InChI is InChI=1S/C13H13FN2O3S/c14-11-3-1-10(2-4-11)5-8-16-20(18,19)13-9-15-7-6-12(13)17/h1-4,6-7,9,16H,5,8H2,(H,15,17). The van der Waals surface area contributed by atoms with Gasteiger partial charge in [0, 0.05) is 25.0 Å². The molecule has 2 rings (SSSR count). The first-order valence-corrected chi connectivity index (χ1v) is 7.38. The maximum absolute atomic E-state index is 12.7. The summed E-state index contributed by atoms with van der Waals surface area (Å²) < 4.78 is 38.9. The highest BCUT2D eigenvalue weighted by Crippen LogP contribution is 2.04. The molecule has 20 heavy (non-hydrogen) atoms. The molecule has 0 spiro atoms. The molecule has 0 radical (unpaired) electrons. The predicted octanol–water partition coefficient (Wildman–Crippen LogP) is 1.03. The Bertz CT molecular complexity index is 739. The normalized spacial score (nSPS) is 11.4. The van der Waals surface area contributed by atoms with Gasteiger partial charge in [-0.2, -0.15) is 0 Å². The van der Waals surface area contributed by atoms with Crippen molar-refractivity contribution in [1.29, 1.82) is 0 Å². The van der Waals surface area contributed by atoms with Crippen LogP contribution in [0.5, 0.6) is 0 Å². The number of halogens is 1. The third-order valence-electron chi connectivity index (χ3n) is 2.70. The molecule has 0 unspecified atom stereocenters. The van der Waals surface area contributed by atoms with Crippen molar-refractivity contribution in [2.45, 2.75) is 11.3 Å². The zero-order valence-corrected chi connectivity index (χ0v) is 11.3. The number of sulfonamides is 1. The molecule has 0 aliphatic heterocycles. The Kier molecular flexibility index (Phi) is 4.31. The van der Waals surface area contributed by atoms with Crippen LogP contribution in [0.15, 0.2) is 52.4 Å². The maximum atomic E-state index is 12.7. The largest absolute Gasteiger partial charge is 0.366 e. The minimum atomic E-state index is -3.84. The summed E-state index contributed by atoms with van der Waals surface area (Å²) in [6.45, 7) is 0.127. The van der Waals surface area contributed by atoms with Crippen molar-refractivity contribution in [2.75, 3.05) is 6.54 Å². The first-order valence-electron chi connectivity index (χ1n) is 5.90. The van der Waals surface area contributed by atoms with E-state index >= 15 is 0 Å². The number of aromatic nitrogens is 1. The number of rotatable bonds is 5. The maximum Gasteiger partial charge on any atom is 0.245 e. The zero-order valence-electron chi connectivity index (χ0n) is 10.5. The van der Waals surface area contributed by atoms with E-state index in [0.29, 0.717) is 6.42 Å². The fourth-order valence-corrected chi connectivity index (χ4v) is 2.75. The molecule has 106 valence electrons. The second-order valence-electron chi connectivity index (χ2n) is 4.15. The molecule has 1 aromatic carbocycles. The smallest absolute Gasteiger partial charge is 0.245 e. The van der Waals surface area contributed by atoms with Crippen molar-refractivity contribution < 1.29 is 12.8 Å². The minimum Gasteiger partial charge on any atom is -0.366 e. The summed E-state index contributed by atoms with van der Waals surface area (Å²) in [7, 11) is -3.84. The van der Waals surface area contributed by atoms with Crippen molar-refractivity contribution in [3.05, 3.63) is 64.3 Å². The molecule has 0 saturated heterocycles. The van der Waals surface area contributed by atoms with Gasteiger partial charge in [0.05, 0.1) is 0 Å². The Hall–Kier alpha value is -1.99. The lowest BCUT2D eigenvalue weighted by molar-refractivity contribution is 0.580. The van der Waals surface area contributed by atoms with Gasteiger partial charge in [-0.1, -0.05) is 12.1 Å².